The number of thiazole rings is 1. The second-order valence-electron chi connectivity index (χ2n) is 7.38. The van der Waals surface area contributed by atoms with E-state index in [0.29, 0.717) is 5.69 Å². The number of sulfonamides is 1. The lowest BCUT2D eigenvalue weighted by Crippen LogP contribution is -2.46. The van der Waals surface area contributed by atoms with Gasteiger partial charge in [0.15, 0.2) is 5.13 Å². The summed E-state index contributed by atoms with van der Waals surface area (Å²) in [5.41, 5.74) is 2.75. The molecule has 3 saturated carbocycles. The van der Waals surface area contributed by atoms with Crippen molar-refractivity contribution >= 4 is 32.2 Å². The Morgan fingerprint density at radius 1 is 1.12 bits per heavy atom. The van der Waals surface area contributed by atoms with Crippen LogP contribution >= 0.6 is 11.3 Å². The molecule has 0 unspecified atom stereocenters. The number of benzene rings is 1. The minimum absolute atomic E-state index is 0.257. The third kappa shape index (κ3) is 3.82. The first-order valence-corrected chi connectivity index (χ1v) is 11.5. The molecule has 0 spiro atoms. The molecule has 1 aromatic carbocycles. The van der Waals surface area contributed by atoms with Crippen LogP contribution in [0.2, 0.25) is 0 Å². The first kappa shape index (κ1) is 16.8. The molecule has 2 aromatic rings. The third-order valence-electron chi connectivity index (χ3n) is 5.45. The van der Waals surface area contributed by atoms with Gasteiger partial charge in [-0.15, -0.1) is 11.3 Å². The molecule has 1 aromatic heterocycles. The van der Waals surface area contributed by atoms with Crippen molar-refractivity contribution in [3.05, 3.63) is 29.6 Å². The Balaban J connectivity index is 1.47. The third-order valence-corrected chi connectivity index (χ3v) is 6.82. The van der Waals surface area contributed by atoms with E-state index < -0.39 is 10.0 Å². The average Bonchev–Trinajstić information content (AvgIpc) is 3.03. The topological polar surface area (TPSA) is 71.1 Å². The number of hydrogen-bond acceptors (Lipinski definition) is 5. The van der Waals surface area contributed by atoms with Crippen molar-refractivity contribution in [1.82, 2.24) is 4.98 Å². The highest BCUT2D eigenvalue weighted by Crippen LogP contribution is 2.46. The number of nitrogens with zero attached hydrogens (tertiary/aromatic N) is 1. The van der Waals surface area contributed by atoms with Crippen LogP contribution in [0, 0.1) is 5.92 Å². The SMILES string of the molecule is CS(=O)(=O)Nc1ccc(-c2csc(NC34CCC(CC3)CC4)n2)cc1. The zero-order chi connectivity index (χ0) is 17.5. The first-order valence-electron chi connectivity index (χ1n) is 8.73. The zero-order valence-electron chi connectivity index (χ0n) is 14.3. The van der Waals surface area contributed by atoms with Crippen LogP contribution in [0.25, 0.3) is 11.3 Å². The van der Waals surface area contributed by atoms with Crippen LogP contribution in [0.15, 0.2) is 29.6 Å². The minimum Gasteiger partial charge on any atom is -0.356 e. The number of fused-ring (bicyclic) bond motifs is 3. The molecule has 134 valence electrons. The molecule has 2 N–H and O–H groups in total. The zero-order valence-corrected chi connectivity index (χ0v) is 15.9. The van der Waals surface area contributed by atoms with Gasteiger partial charge in [0, 0.05) is 22.2 Å². The molecule has 1 heterocycles. The highest BCUT2D eigenvalue weighted by molar-refractivity contribution is 7.92. The number of nitrogens with one attached hydrogen (secondary N) is 2. The molecule has 25 heavy (non-hydrogen) atoms. The van der Waals surface area contributed by atoms with Crippen molar-refractivity contribution in [1.29, 1.82) is 0 Å². The number of aromatic nitrogens is 1. The molecule has 3 aliphatic carbocycles. The van der Waals surface area contributed by atoms with Crippen molar-refractivity contribution in [3.63, 3.8) is 0 Å². The molecule has 5 rings (SSSR count). The Labute approximate surface area is 152 Å². The summed E-state index contributed by atoms with van der Waals surface area (Å²) in [6.45, 7) is 0. The molecule has 3 aliphatic rings. The van der Waals surface area contributed by atoms with Crippen LogP contribution in [0.4, 0.5) is 10.8 Å². The summed E-state index contributed by atoms with van der Waals surface area (Å²) < 4.78 is 25.0. The fraction of sp³-hybridized carbons (Fsp3) is 0.500. The Bertz CT molecular complexity index is 837. The van der Waals surface area contributed by atoms with Crippen molar-refractivity contribution in [3.8, 4) is 11.3 Å². The molecule has 0 aliphatic heterocycles. The Hall–Kier alpha value is -1.60. The van der Waals surface area contributed by atoms with E-state index >= 15 is 0 Å². The van der Waals surface area contributed by atoms with Gasteiger partial charge in [-0.3, -0.25) is 4.72 Å². The molecule has 0 saturated heterocycles. The molecular weight excluding hydrogens is 354 g/mol. The molecule has 0 atom stereocenters. The molecular formula is C18H23N3O2S2. The van der Waals surface area contributed by atoms with Crippen LogP contribution in [0.3, 0.4) is 0 Å². The van der Waals surface area contributed by atoms with Crippen LogP contribution in [0.1, 0.15) is 38.5 Å². The quantitative estimate of drug-likeness (QED) is 0.814. The number of anilines is 2. The second-order valence-corrected chi connectivity index (χ2v) is 9.98. The Kier molecular flexibility index (Phi) is 4.24. The van der Waals surface area contributed by atoms with E-state index in [1.807, 2.05) is 12.1 Å². The van der Waals surface area contributed by atoms with Gasteiger partial charge in [-0.05, 0) is 56.6 Å². The summed E-state index contributed by atoms with van der Waals surface area (Å²) in [5.74, 6) is 0.953. The van der Waals surface area contributed by atoms with E-state index in [1.54, 1.807) is 23.5 Å². The minimum atomic E-state index is -3.25. The number of hydrogen-bond donors (Lipinski definition) is 2. The molecule has 3 fully saturated rings. The Morgan fingerprint density at radius 2 is 1.76 bits per heavy atom. The van der Waals surface area contributed by atoms with Gasteiger partial charge >= 0.3 is 0 Å². The van der Waals surface area contributed by atoms with Gasteiger partial charge in [-0.1, -0.05) is 12.1 Å². The standard InChI is InChI=1S/C18H23N3O2S2/c1-25(22,23)21-15-4-2-14(3-5-15)16-12-24-17(19-16)20-18-9-6-13(7-10-18)8-11-18/h2-5,12-13,21H,6-11H2,1H3,(H,19,20). The normalized spacial score (nSPS) is 25.7. The van der Waals surface area contributed by atoms with Crippen molar-refractivity contribution in [2.45, 2.75) is 44.1 Å². The second kappa shape index (κ2) is 6.29. The lowest BCUT2D eigenvalue weighted by molar-refractivity contribution is 0.158. The summed E-state index contributed by atoms with van der Waals surface area (Å²) in [4.78, 5) is 4.76. The van der Waals surface area contributed by atoms with Crippen molar-refractivity contribution in [2.24, 2.45) is 5.92 Å². The fourth-order valence-corrected chi connectivity index (χ4v) is 5.45. The lowest BCUT2D eigenvalue weighted by Gasteiger charge is -2.47. The van der Waals surface area contributed by atoms with Crippen LogP contribution in [0.5, 0.6) is 0 Å². The lowest BCUT2D eigenvalue weighted by atomic mass is 9.66. The van der Waals surface area contributed by atoms with Gasteiger partial charge in [-0.2, -0.15) is 0 Å². The highest BCUT2D eigenvalue weighted by atomic mass is 32.2. The molecule has 2 bridgehead atoms. The van der Waals surface area contributed by atoms with Gasteiger partial charge in [0.2, 0.25) is 10.0 Å². The Morgan fingerprint density at radius 3 is 2.36 bits per heavy atom. The smallest absolute Gasteiger partial charge is 0.229 e. The summed E-state index contributed by atoms with van der Waals surface area (Å²) >= 11 is 1.65. The first-order chi connectivity index (χ1) is 11.9. The predicted octanol–water partition coefficient (Wildman–Crippen LogP) is 4.32. The van der Waals surface area contributed by atoms with Crippen LogP contribution < -0.4 is 10.0 Å². The van der Waals surface area contributed by atoms with Crippen LogP contribution in [-0.4, -0.2) is 25.2 Å². The van der Waals surface area contributed by atoms with E-state index in [4.69, 9.17) is 4.98 Å². The van der Waals surface area contributed by atoms with Gasteiger partial charge in [0.05, 0.1) is 11.9 Å². The average molecular weight is 378 g/mol. The van der Waals surface area contributed by atoms with Crippen molar-refractivity contribution < 1.29 is 8.42 Å². The fourth-order valence-electron chi connectivity index (χ4n) is 4.05. The van der Waals surface area contributed by atoms with Gasteiger partial charge in [0.25, 0.3) is 0 Å². The molecule has 0 radical (unpaired) electrons. The van der Waals surface area contributed by atoms with E-state index in [0.717, 1.165) is 28.6 Å². The van der Waals surface area contributed by atoms with Crippen molar-refractivity contribution in [2.75, 3.05) is 16.3 Å². The summed E-state index contributed by atoms with van der Waals surface area (Å²) in [7, 11) is -3.25. The largest absolute Gasteiger partial charge is 0.356 e. The molecule has 7 heteroatoms. The summed E-state index contributed by atoms with van der Waals surface area (Å²) in [6, 6.07) is 7.33. The summed E-state index contributed by atoms with van der Waals surface area (Å²) in [6.07, 6.45) is 8.98. The van der Waals surface area contributed by atoms with Gasteiger partial charge < -0.3 is 5.32 Å². The van der Waals surface area contributed by atoms with Gasteiger partial charge in [0.1, 0.15) is 0 Å². The monoisotopic (exact) mass is 377 g/mol. The number of rotatable bonds is 5. The van der Waals surface area contributed by atoms with Crippen LogP contribution in [-0.2, 0) is 10.0 Å². The maximum atomic E-state index is 11.3. The maximum absolute atomic E-state index is 11.3. The van der Waals surface area contributed by atoms with E-state index in [-0.39, 0.29) is 5.54 Å². The predicted molar refractivity (Wildman–Crippen MR) is 104 cm³/mol. The maximum Gasteiger partial charge on any atom is 0.229 e. The van der Waals surface area contributed by atoms with E-state index in [9.17, 15) is 8.42 Å². The molecule has 0 amide bonds. The van der Waals surface area contributed by atoms with Gasteiger partial charge in [-0.25, -0.2) is 13.4 Å². The van der Waals surface area contributed by atoms with E-state index in [2.05, 4.69) is 15.4 Å². The summed E-state index contributed by atoms with van der Waals surface area (Å²) in [5, 5.41) is 6.79. The van der Waals surface area contributed by atoms with E-state index in [1.165, 1.54) is 38.5 Å². The molecule has 5 nitrogen and oxygen atoms in total. The highest BCUT2D eigenvalue weighted by Gasteiger charge is 2.40.